The Morgan fingerprint density at radius 2 is 1.82 bits per heavy atom. The minimum atomic E-state index is -0.0149. The van der Waals surface area contributed by atoms with Crippen LogP contribution in [0.5, 0.6) is 5.75 Å². The molecule has 3 heteroatoms. The van der Waals surface area contributed by atoms with E-state index in [1.807, 2.05) is 69.3 Å². The first-order chi connectivity index (χ1) is 10.6. The molecular formula is C19H21NO2. The van der Waals surface area contributed by atoms with Gasteiger partial charge in [0.15, 0.2) is 5.78 Å². The van der Waals surface area contributed by atoms with Crippen LogP contribution in [0.15, 0.2) is 60.3 Å². The van der Waals surface area contributed by atoms with Crippen LogP contribution in [0.3, 0.4) is 0 Å². The molecule has 0 spiro atoms. The Labute approximate surface area is 131 Å². The van der Waals surface area contributed by atoms with E-state index in [0.29, 0.717) is 12.2 Å². The maximum atomic E-state index is 12.2. The van der Waals surface area contributed by atoms with Crippen LogP contribution < -0.4 is 10.1 Å². The number of allylic oxidation sites excluding steroid dienone is 2. The van der Waals surface area contributed by atoms with Crippen molar-refractivity contribution in [2.45, 2.75) is 20.8 Å². The number of aryl methyl sites for hydroxylation is 1. The van der Waals surface area contributed by atoms with E-state index in [1.165, 1.54) is 0 Å². The highest BCUT2D eigenvalue weighted by molar-refractivity contribution is 6.05. The van der Waals surface area contributed by atoms with Gasteiger partial charge in [-0.15, -0.1) is 0 Å². The number of hydrogen-bond donors (Lipinski definition) is 1. The lowest BCUT2D eigenvalue weighted by Gasteiger charge is -2.12. The molecule has 2 rings (SSSR count). The Kier molecular flexibility index (Phi) is 5.37. The predicted octanol–water partition coefficient (Wildman–Crippen LogP) is 4.59. The van der Waals surface area contributed by atoms with E-state index in [2.05, 4.69) is 5.32 Å². The van der Waals surface area contributed by atoms with Crippen molar-refractivity contribution in [3.05, 3.63) is 71.4 Å². The SMILES string of the molecule is CCOc1ccccc1NC(C)=CC(=O)c1ccc(C)cc1. The number of anilines is 1. The van der Waals surface area contributed by atoms with Gasteiger partial charge in [0.05, 0.1) is 12.3 Å². The molecule has 0 atom stereocenters. The molecule has 2 aromatic carbocycles. The number of hydrogen-bond acceptors (Lipinski definition) is 3. The highest BCUT2D eigenvalue weighted by Gasteiger charge is 2.05. The van der Waals surface area contributed by atoms with Crippen molar-refractivity contribution < 1.29 is 9.53 Å². The van der Waals surface area contributed by atoms with Gasteiger partial charge in [-0.2, -0.15) is 0 Å². The molecule has 0 unspecified atom stereocenters. The van der Waals surface area contributed by atoms with Crippen LogP contribution in [0.2, 0.25) is 0 Å². The zero-order valence-corrected chi connectivity index (χ0v) is 13.2. The normalized spacial score (nSPS) is 11.1. The third-order valence-electron chi connectivity index (χ3n) is 3.20. The summed E-state index contributed by atoms with van der Waals surface area (Å²) in [6.07, 6.45) is 1.60. The lowest BCUT2D eigenvalue weighted by atomic mass is 10.1. The van der Waals surface area contributed by atoms with Gasteiger partial charge >= 0.3 is 0 Å². The second-order valence-corrected chi connectivity index (χ2v) is 5.11. The molecule has 0 saturated carbocycles. The van der Waals surface area contributed by atoms with Crippen LogP contribution >= 0.6 is 0 Å². The molecule has 0 aliphatic carbocycles. The molecule has 0 aliphatic heterocycles. The van der Waals surface area contributed by atoms with Crippen molar-refractivity contribution in [2.24, 2.45) is 0 Å². The maximum Gasteiger partial charge on any atom is 0.187 e. The zero-order valence-electron chi connectivity index (χ0n) is 13.2. The van der Waals surface area contributed by atoms with E-state index in [9.17, 15) is 4.79 Å². The van der Waals surface area contributed by atoms with Crippen LogP contribution in [0, 0.1) is 6.92 Å². The minimum Gasteiger partial charge on any atom is -0.492 e. The fourth-order valence-electron chi connectivity index (χ4n) is 2.10. The second kappa shape index (κ2) is 7.46. The number of rotatable bonds is 6. The van der Waals surface area contributed by atoms with E-state index in [4.69, 9.17) is 4.74 Å². The van der Waals surface area contributed by atoms with Crippen molar-refractivity contribution in [1.29, 1.82) is 0 Å². The summed E-state index contributed by atoms with van der Waals surface area (Å²) in [6.45, 7) is 6.42. The number of carbonyl (C=O) groups is 1. The average Bonchev–Trinajstić information content (AvgIpc) is 2.50. The van der Waals surface area contributed by atoms with E-state index < -0.39 is 0 Å². The molecule has 22 heavy (non-hydrogen) atoms. The van der Waals surface area contributed by atoms with Gasteiger partial charge in [-0.1, -0.05) is 42.0 Å². The van der Waals surface area contributed by atoms with Crippen LogP contribution in [0.4, 0.5) is 5.69 Å². The fraction of sp³-hybridized carbons (Fsp3) is 0.211. The predicted molar refractivity (Wildman–Crippen MR) is 90.5 cm³/mol. The number of ketones is 1. The molecule has 0 saturated heterocycles. The quantitative estimate of drug-likeness (QED) is 0.625. The van der Waals surface area contributed by atoms with Gasteiger partial charge in [0.25, 0.3) is 0 Å². The van der Waals surface area contributed by atoms with Crippen molar-refractivity contribution in [3.63, 3.8) is 0 Å². The molecular weight excluding hydrogens is 274 g/mol. The molecule has 1 N–H and O–H groups in total. The van der Waals surface area contributed by atoms with Crippen molar-refractivity contribution in [2.75, 3.05) is 11.9 Å². The Bertz CT molecular complexity index is 672. The third kappa shape index (κ3) is 4.22. The molecule has 3 nitrogen and oxygen atoms in total. The first-order valence-electron chi connectivity index (χ1n) is 7.38. The van der Waals surface area contributed by atoms with Crippen molar-refractivity contribution in [1.82, 2.24) is 0 Å². The highest BCUT2D eigenvalue weighted by atomic mass is 16.5. The molecule has 0 heterocycles. The Morgan fingerprint density at radius 1 is 1.14 bits per heavy atom. The number of nitrogens with one attached hydrogen (secondary N) is 1. The average molecular weight is 295 g/mol. The van der Waals surface area contributed by atoms with Gasteiger partial charge in [0, 0.05) is 17.3 Å². The van der Waals surface area contributed by atoms with E-state index >= 15 is 0 Å². The molecule has 0 aromatic heterocycles. The van der Waals surface area contributed by atoms with Crippen LogP contribution in [0.25, 0.3) is 0 Å². The number of benzene rings is 2. The summed E-state index contributed by atoms with van der Waals surface area (Å²) in [5.41, 5.74) is 3.46. The largest absolute Gasteiger partial charge is 0.492 e. The summed E-state index contributed by atoms with van der Waals surface area (Å²) in [6, 6.07) is 15.2. The van der Waals surface area contributed by atoms with Gasteiger partial charge < -0.3 is 10.1 Å². The molecule has 0 radical (unpaired) electrons. The zero-order chi connectivity index (χ0) is 15.9. The van der Waals surface area contributed by atoms with Gasteiger partial charge in [0.1, 0.15) is 5.75 Å². The first-order valence-corrected chi connectivity index (χ1v) is 7.38. The molecule has 2 aromatic rings. The maximum absolute atomic E-state index is 12.2. The van der Waals surface area contributed by atoms with Gasteiger partial charge in [0.2, 0.25) is 0 Å². The number of carbonyl (C=O) groups excluding carboxylic acids is 1. The monoisotopic (exact) mass is 295 g/mol. The van der Waals surface area contributed by atoms with E-state index in [-0.39, 0.29) is 5.78 Å². The van der Waals surface area contributed by atoms with Gasteiger partial charge in [-0.3, -0.25) is 4.79 Å². The van der Waals surface area contributed by atoms with Gasteiger partial charge in [-0.05, 0) is 32.9 Å². The number of para-hydroxylation sites is 2. The van der Waals surface area contributed by atoms with Crippen molar-refractivity contribution in [3.8, 4) is 5.75 Å². The van der Waals surface area contributed by atoms with Gasteiger partial charge in [-0.25, -0.2) is 0 Å². The van der Waals surface area contributed by atoms with Crippen molar-refractivity contribution >= 4 is 11.5 Å². The molecule has 0 fully saturated rings. The number of ether oxygens (including phenoxy) is 1. The molecule has 0 amide bonds. The van der Waals surface area contributed by atoms with E-state index in [1.54, 1.807) is 6.08 Å². The molecule has 0 aliphatic rings. The minimum absolute atomic E-state index is 0.0149. The summed E-state index contributed by atoms with van der Waals surface area (Å²) < 4.78 is 5.57. The molecule has 0 bridgehead atoms. The lowest BCUT2D eigenvalue weighted by Crippen LogP contribution is -2.03. The first kappa shape index (κ1) is 15.8. The Morgan fingerprint density at radius 3 is 2.50 bits per heavy atom. The fourth-order valence-corrected chi connectivity index (χ4v) is 2.10. The molecule has 114 valence electrons. The Hall–Kier alpha value is -2.55. The second-order valence-electron chi connectivity index (χ2n) is 5.11. The standard InChI is InChI=1S/C19H21NO2/c1-4-22-19-8-6-5-7-17(19)20-15(3)13-18(21)16-11-9-14(2)10-12-16/h5-13,20H,4H2,1-3H3. The smallest absolute Gasteiger partial charge is 0.187 e. The summed E-state index contributed by atoms with van der Waals surface area (Å²) >= 11 is 0. The lowest BCUT2D eigenvalue weighted by molar-refractivity contribution is 0.104. The summed E-state index contributed by atoms with van der Waals surface area (Å²) in [5.74, 6) is 0.763. The Balaban J connectivity index is 2.13. The van der Waals surface area contributed by atoms with Crippen LogP contribution in [-0.2, 0) is 0 Å². The topological polar surface area (TPSA) is 38.3 Å². The summed E-state index contributed by atoms with van der Waals surface area (Å²) in [4.78, 5) is 12.2. The van der Waals surface area contributed by atoms with E-state index in [0.717, 1.165) is 22.7 Å². The third-order valence-corrected chi connectivity index (χ3v) is 3.20. The van der Waals surface area contributed by atoms with Crippen LogP contribution in [-0.4, -0.2) is 12.4 Å². The summed E-state index contributed by atoms with van der Waals surface area (Å²) in [5, 5.41) is 3.22. The summed E-state index contributed by atoms with van der Waals surface area (Å²) in [7, 11) is 0. The highest BCUT2D eigenvalue weighted by Crippen LogP contribution is 2.25. The van der Waals surface area contributed by atoms with Crippen LogP contribution in [0.1, 0.15) is 29.8 Å².